The first-order valence-corrected chi connectivity index (χ1v) is 8.92. The summed E-state index contributed by atoms with van der Waals surface area (Å²) in [4.78, 5) is 2.37. The number of anilines is 3. The van der Waals surface area contributed by atoms with E-state index in [2.05, 4.69) is 25.5 Å². The second-order valence-corrected chi connectivity index (χ2v) is 6.58. The third-order valence-corrected chi connectivity index (χ3v) is 4.63. The Labute approximate surface area is 154 Å². The van der Waals surface area contributed by atoms with Crippen LogP contribution in [0, 0.1) is 0 Å². The first-order chi connectivity index (χ1) is 13.0. The van der Waals surface area contributed by atoms with Crippen LogP contribution >= 0.6 is 0 Å². The van der Waals surface area contributed by atoms with E-state index < -0.39 is 12.0 Å². The topological polar surface area (TPSA) is 58.4 Å². The van der Waals surface area contributed by atoms with Crippen molar-refractivity contribution in [3.05, 3.63) is 42.2 Å². The second kappa shape index (κ2) is 7.05. The molecule has 1 fully saturated rings. The van der Waals surface area contributed by atoms with Crippen molar-refractivity contribution in [1.29, 1.82) is 0 Å². The van der Waals surface area contributed by atoms with Gasteiger partial charge in [-0.25, -0.2) is 0 Å². The quantitative estimate of drug-likeness (QED) is 0.740. The fourth-order valence-electron chi connectivity index (χ4n) is 3.26. The average molecular weight is 376 g/mol. The first kappa shape index (κ1) is 17.6. The Bertz CT molecular complexity index is 911. The van der Waals surface area contributed by atoms with Crippen LogP contribution in [-0.4, -0.2) is 32.9 Å². The minimum Gasteiger partial charge on any atom is -0.372 e. The average Bonchev–Trinajstić information content (AvgIpc) is 2.89. The molecule has 0 saturated carbocycles. The molecule has 1 aliphatic rings. The molecule has 142 valence electrons. The number of aromatic nitrogens is 4. The largest absolute Gasteiger partial charge is 0.453 e. The molecule has 0 radical (unpaired) electrons. The Morgan fingerprint density at radius 1 is 0.852 bits per heavy atom. The van der Waals surface area contributed by atoms with Crippen molar-refractivity contribution in [1.82, 2.24) is 19.8 Å². The van der Waals surface area contributed by atoms with E-state index in [1.165, 1.54) is 31.7 Å². The number of alkyl halides is 3. The van der Waals surface area contributed by atoms with Gasteiger partial charge in [-0.3, -0.25) is 0 Å². The Balaban J connectivity index is 1.53. The monoisotopic (exact) mass is 376 g/mol. The van der Waals surface area contributed by atoms with Gasteiger partial charge in [-0.05, 0) is 49.2 Å². The molecule has 1 aliphatic heterocycles. The van der Waals surface area contributed by atoms with Gasteiger partial charge in [0, 0.05) is 24.5 Å². The van der Waals surface area contributed by atoms with Crippen LogP contribution in [0.1, 0.15) is 31.5 Å². The minimum atomic E-state index is -4.61. The van der Waals surface area contributed by atoms with Crippen molar-refractivity contribution in [2.45, 2.75) is 31.9 Å². The molecule has 0 atom stereocenters. The maximum atomic E-state index is 13.0. The fraction of sp³-hybridized carbons (Fsp3) is 0.389. The molecule has 2 aromatic heterocycles. The highest BCUT2D eigenvalue weighted by atomic mass is 19.4. The summed E-state index contributed by atoms with van der Waals surface area (Å²) in [5.74, 6) is -0.854. The minimum absolute atomic E-state index is 0.0457. The molecule has 0 amide bonds. The number of benzene rings is 1. The van der Waals surface area contributed by atoms with E-state index in [-0.39, 0.29) is 11.5 Å². The summed E-state index contributed by atoms with van der Waals surface area (Å²) in [6.45, 7) is 2.11. The fourth-order valence-corrected chi connectivity index (χ4v) is 3.26. The number of hydrogen-bond donors (Lipinski definition) is 1. The lowest BCUT2D eigenvalue weighted by Gasteiger charge is -2.22. The number of fused-ring (bicyclic) bond motifs is 1. The molecule has 6 nitrogen and oxygen atoms in total. The Kier molecular flexibility index (Phi) is 4.59. The lowest BCUT2D eigenvalue weighted by molar-refractivity contribution is -0.146. The number of rotatable bonds is 3. The van der Waals surface area contributed by atoms with Crippen LogP contribution in [0.3, 0.4) is 0 Å². The zero-order valence-electron chi connectivity index (χ0n) is 14.6. The van der Waals surface area contributed by atoms with Gasteiger partial charge in [-0.15, -0.1) is 15.3 Å². The predicted octanol–water partition coefficient (Wildman–Crippen LogP) is 4.27. The third-order valence-electron chi connectivity index (χ3n) is 4.63. The number of nitrogens with one attached hydrogen (secondary N) is 1. The van der Waals surface area contributed by atoms with Gasteiger partial charge in [0.15, 0.2) is 11.5 Å². The molecule has 9 heteroatoms. The van der Waals surface area contributed by atoms with E-state index in [0.717, 1.165) is 24.5 Å². The van der Waals surface area contributed by atoms with Crippen LogP contribution in [0.2, 0.25) is 0 Å². The summed E-state index contributed by atoms with van der Waals surface area (Å²) in [6.07, 6.45) is 0.329. The maximum Gasteiger partial charge on any atom is 0.453 e. The molecule has 1 N–H and O–H groups in total. The number of halogens is 3. The van der Waals surface area contributed by atoms with Crippen LogP contribution in [0.4, 0.5) is 30.4 Å². The zero-order valence-corrected chi connectivity index (χ0v) is 14.6. The highest BCUT2D eigenvalue weighted by molar-refractivity contribution is 5.61. The molecule has 0 unspecified atom stereocenters. The second-order valence-electron chi connectivity index (χ2n) is 6.58. The van der Waals surface area contributed by atoms with Gasteiger partial charge in [0.05, 0.1) is 0 Å². The third kappa shape index (κ3) is 3.81. The molecule has 3 aromatic rings. The van der Waals surface area contributed by atoms with Crippen LogP contribution in [0.25, 0.3) is 5.65 Å². The van der Waals surface area contributed by atoms with Crippen LogP contribution in [-0.2, 0) is 6.18 Å². The lowest BCUT2D eigenvalue weighted by atomic mass is 10.2. The van der Waals surface area contributed by atoms with Crippen LogP contribution in [0.5, 0.6) is 0 Å². The summed E-state index contributed by atoms with van der Waals surface area (Å²) >= 11 is 0. The van der Waals surface area contributed by atoms with Crippen molar-refractivity contribution < 1.29 is 13.2 Å². The van der Waals surface area contributed by atoms with Gasteiger partial charge < -0.3 is 10.2 Å². The van der Waals surface area contributed by atoms with Gasteiger partial charge in [0.1, 0.15) is 0 Å². The summed E-state index contributed by atoms with van der Waals surface area (Å²) < 4.78 is 39.6. The molecule has 4 rings (SSSR count). The normalized spacial score (nSPS) is 15.7. The molecule has 0 spiro atoms. The molecular formula is C18H19F3N6. The maximum absolute atomic E-state index is 13.0. The zero-order chi connectivity index (χ0) is 18.9. The van der Waals surface area contributed by atoms with E-state index in [1.807, 2.05) is 24.3 Å². The van der Waals surface area contributed by atoms with Crippen molar-refractivity contribution >= 4 is 22.8 Å². The van der Waals surface area contributed by atoms with E-state index in [4.69, 9.17) is 0 Å². The smallest absolute Gasteiger partial charge is 0.372 e. The predicted molar refractivity (Wildman–Crippen MR) is 96.2 cm³/mol. The molecule has 0 aliphatic carbocycles. The Hall–Kier alpha value is -2.84. The van der Waals surface area contributed by atoms with E-state index in [9.17, 15) is 13.2 Å². The van der Waals surface area contributed by atoms with Gasteiger partial charge in [-0.2, -0.15) is 17.7 Å². The molecular weight excluding hydrogens is 357 g/mol. The lowest BCUT2D eigenvalue weighted by Crippen LogP contribution is -2.23. The van der Waals surface area contributed by atoms with E-state index in [0.29, 0.717) is 4.52 Å². The van der Waals surface area contributed by atoms with Crippen LogP contribution in [0.15, 0.2) is 36.4 Å². The van der Waals surface area contributed by atoms with Crippen molar-refractivity contribution in [2.75, 3.05) is 23.3 Å². The van der Waals surface area contributed by atoms with Gasteiger partial charge >= 0.3 is 6.18 Å². The Morgan fingerprint density at radius 3 is 2.22 bits per heavy atom. The Morgan fingerprint density at radius 2 is 1.56 bits per heavy atom. The molecule has 1 saturated heterocycles. The standard InChI is InChI=1S/C18H19F3N6/c19-18(20,21)17-24-23-16-10-9-15(25-27(16)17)22-13-5-7-14(8-6-13)26-11-3-1-2-4-12-26/h5-10H,1-4,11-12H2,(H,22,25). The van der Waals surface area contributed by atoms with Gasteiger partial charge in [0.25, 0.3) is 5.82 Å². The summed E-state index contributed by atoms with van der Waals surface area (Å²) in [6, 6.07) is 10.9. The summed E-state index contributed by atoms with van der Waals surface area (Å²) in [5.41, 5.74) is 1.95. The summed E-state index contributed by atoms with van der Waals surface area (Å²) in [7, 11) is 0. The molecule has 0 bridgehead atoms. The van der Waals surface area contributed by atoms with Crippen molar-refractivity contribution in [3.8, 4) is 0 Å². The van der Waals surface area contributed by atoms with Crippen molar-refractivity contribution in [2.24, 2.45) is 0 Å². The first-order valence-electron chi connectivity index (χ1n) is 8.92. The van der Waals surface area contributed by atoms with Crippen molar-refractivity contribution in [3.63, 3.8) is 0 Å². The molecule has 3 heterocycles. The van der Waals surface area contributed by atoms with Gasteiger partial charge in [-0.1, -0.05) is 12.8 Å². The molecule has 1 aromatic carbocycles. The van der Waals surface area contributed by atoms with E-state index >= 15 is 0 Å². The SMILES string of the molecule is FC(F)(F)c1nnc2ccc(Nc3ccc(N4CCCCCC4)cc3)nn12. The summed E-state index contributed by atoms with van der Waals surface area (Å²) in [5, 5.41) is 13.7. The number of hydrogen-bond acceptors (Lipinski definition) is 5. The molecule has 27 heavy (non-hydrogen) atoms. The number of nitrogens with zero attached hydrogens (tertiary/aromatic N) is 5. The highest BCUT2D eigenvalue weighted by Crippen LogP contribution is 2.28. The van der Waals surface area contributed by atoms with Gasteiger partial charge in [0.2, 0.25) is 0 Å². The highest BCUT2D eigenvalue weighted by Gasteiger charge is 2.37. The van der Waals surface area contributed by atoms with Crippen LogP contribution < -0.4 is 10.2 Å². The van der Waals surface area contributed by atoms with E-state index in [1.54, 1.807) is 6.07 Å².